The number of benzene rings is 1. The quantitative estimate of drug-likeness (QED) is 0.562. The van der Waals surface area contributed by atoms with Gasteiger partial charge in [-0.25, -0.2) is 18.2 Å². The topological polar surface area (TPSA) is 93.6 Å². The Labute approximate surface area is 178 Å². The van der Waals surface area contributed by atoms with Crippen LogP contribution in [0.25, 0.3) is 21.5 Å². The number of carbonyl (C=O) groups excluding carboxylic acids is 2. The normalized spacial score (nSPS) is 17.7. The third-order valence-corrected chi connectivity index (χ3v) is 7.83. The Bertz CT molecular complexity index is 1210. The highest BCUT2D eigenvalue weighted by Crippen LogP contribution is 2.28. The van der Waals surface area contributed by atoms with Gasteiger partial charge in [0, 0.05) is 18.5 Å². The predicted octanol–water partition coefficient (Wildman–Crippen LogP) is 2.77. The molecule has 0 saturated carbocycles. The first-order chi connectivity index (χ1) is 14.3. The van der Waals surface area contributed by atoms with Gasteiger partial charge in [-0.3, -0.25) is 4.79 Å². The molecular formula is C21H20N2O5S2. The molecule has 1 saturated heterocycles. The lowest BCUT2D eigenvalue weighted by Gasteiger charge is -2.23. The summed E-state index contributed by atoms with van der Waals surface area (Å²) in [7, 11) is -1.57. The number of rotatable bonds is 5. The number of pyridine rings is 1. The van der Waals surface area contributed by atoms with Gasteiger partial charge in [0.25, 0.3) is 5.91 Å². The van der Waals surface area contributed by atoms with Crippen LogP contribution >= 0.6 is 11.3 Å². The maximum absolute atomic E-state index is 12.8. The number of aromatic nitrogens is 1. The van der Waals surface area contributed by atoms with Gasteiger partial charge in [-0.1, -0.05) is 24.3 Å². The van der Waals surface area contributed by atoms with Crippen molar-refractivity contribution in [3.63, 3.8) is 0 Å². The van der Waals surface area contributed by atoms with Gasteiger partial charge >= 0.3 is 5.97 Å². The fraction of sp³-hybridized carbons (Fsp3) is 0.286. The van der Waals surface area contributed by atoms with Crippen LogP contribution in [0.15, 0.2) is 47.8 Å². The highest BCUT2D eigenvalue weighted by atomic mass is 32.2. The number of fused-ring (bicyclic) bond motifs is 1. The van der Waals surface area contributed by atoms with Crippen molar-refractivity contribution in [3.8, 4) is 10.6 Å². The molecule has 1 unspecified atom stereocenters. The van der Waals surface area contributed by atoms with Gasteiger partial charge in [0.1, 0.15) is 0 Å². The van der Waals surface area contributed by atoms with Gasteiger partial charge in [-0.15, -0.1) is 11.3 Å². The van der Waals surface area contributed by atoms with E-state index in [-0.39, 0.29) is 17.5 Å². The summed E-state index contributed by atoms with van der Waals surface area (Å²) in [6.07, 6.45) is 0.400. The van der Waals surface area contributed by atoms with Crippen molar-refractivity contribution in [2.45, 2.75) is 12.5 Å². The molecule has 1 aliphatic heterocycles. The number of sulfone groups is 1. The molecular weight excluding hydrogens is 424 g/mol. The average Bonchev–Trinajstić information content (AvgIpc) is 3.40. The second-order valence-electron chi connectivity index (χ2n) is 7.19. The third-order valence-electron chi connectivity index (χ3n) is 5.19. The maximum Gasteiger partial charge on any atom is 0.339 e. The Morgan fingerprint density at radius 3 is 2.73 bits per heavy atom. The first-order valence-corrected chi connectivity index (χ1v) is 12.1. The van der Waals surface area contributed by atoms with Crippen molar-refractivity contribution < 1.29 is 22.7 Å². The van der Waals surface area contributed by atoms with Crippen molar-refractivity contribution >= 4 is 44.0 Å². The number of carbonyl (C=O) groups is 2. The highest BCUT2D eigenvalue weighted by molar-refractivity contribution is 7.91. The summed E-state index contributed by atoms with van der Waals surface area (Å²) >= 11 is 1.52. The first-order valence-electron chi connectivity index (χ1n) is 9.41. The summed E-state index contributed by atoms with van der Waals surface area (Å²) in [4.78, 5) is 32.2. The summed E-state index contributed by atoms with van der Waals surface area (Å²) in [5.74, 6) is -1.03. The number of likely N-dealkylation sites (N-methyl/N-ethyl adjacent to an activating group) is 1. The average molecular weight is 445 g/mol. The standard InChI is InChI=1S/C21H20N2O5S2/c1-23(14-8-10-30(26,27)13-14)20(24)12-28-21(25)16-11-18(19-7-4-9-29-19)22-17-6-3-2-5-15(16)17/h2-7,9,11,14H,8,10,12-13H2,1H3. The first kappa shape index (κ1) is 20.5. The minimum Gasteiger partial charge on any atom is -0.452 e. The van der Waals surface area contributed by atoms with Crippen molar-refractivity contribution in [1.82, 2.24) is 9.88 Å². The summed E-state index contributed by atoms with van der Waals surface area (Å²) < 4.78 is 28.6. The summed E-state index contributed by atoms with van der Waals surface area (Å²) in [6, 6.07) is 12.4. The van der Waals surface area contributed by atoms with Crippen molar-refractivity contribution in [2.75, 3.05) is 25.2 Å². The van der Waals surface area contributed by atoms with E-state index in [1.807, 2.05) is 35.7 Å². The molecule has 1 amide bonds. The van der Waals surface area contributed by atoms with Crippen LogP contribution in [0, 0.1) is 0 Å². The molecule has 7 nitrogen and oxygen atoms in total. The van der Waals surface area contributed by atoms with Gasteiger partial charge < -0.3 is 9.64 Å². The molecule has 0 bridgehead atoms. The lowest BCUT2D eigenvalue weighted by molar-refractivity contribution is -0.134. The number of hydrogen-bond acceptors (Lipinski definition) is 7. The molecule has 156 valence electrons. The van der Waals surface area contributed by atoms with Crippen molar-refractivity contribution in [3.05, 3.63) is 53.4 Å². The van der Waals surface area contributed by atoms with Gasteiger partial charge in [-0.2, -0.15) is 0 Å². The van der Waals surface area contributed by atoms with E-state index in [1.54, 1.807) is 19.2 Å². The van der Waals surface area contributed by atoms with Gasteiger partial charge in [0.05, 0.1) is 33.2 Å². The van der Waals surface area contributed by atoms with Crippen LogP contribution in [0.5, 0.6) is 0 Å². The number of ether oxygens (including phenoxy) is 1. The zero-order valence-electron chi connectivity index (χ0n) is 16.3. The van der Waals surface area contributed by atoms with Crippen molar-refractivity contribution in [2.24, 2.45) is 0 Å². The fourth-order valence-electron chi connectivity index (χ4n) is 3.49. The zero-order chi connectivity index (χ0) is 21.3. The van der Waals surface area contributed by atoms with Gasteiger partial charge in [0.15, 0.2) is 16.4 Å². The molecule has 30 heavy (non-hydrogen) atoms. The maximum atomic E-state index is 12.8. The van der Waals surface area contributed by atoms with E-state index in [9.17, 15) is 18.0 Å². The predicted molar refractivity (Wildman–Crippen MR) is 115 cm³/mol. The molecule has 1 aliphatic rings. The molecule has 1 atom stereocenters. The Morgan fingerprint density at radius 1 is 1.23 bits per heavy atom. The van der Waals surface area contributed by atoms with Crippen LogP contribution in [0.2, 0.25) is 0 Å². The number of esters is 1. The fourth-order valence-corrected chi connectivity index (χ4v) is 5.95. The second kappa shape index (κ2) is 8.16. The zero-order valence-corrected chi connectivity index (χ0v) is 17.9. The van der Waals surface area contributed by atoms with Crippen LogP contribution in [0.3, 0.4) is 0 Å². The number of para-hydroxylation sites is 1. The molecule has 2 aromatic heterocycles. The molecule has 0 radical (unpaired) electrons. The van der Waals surface area contributed by atoms with E-state index >= 15 is 0 Å². The van der Waals surface area contributed by atoms with Crippen molar-refractivity contribution in [1.29, 1.82) is 0 Å². The molecule has 1 fully saturated rings. The summed E-state index contributed by atoms with van der Waals surface area (Å²) in [5.41, 5.74) is 1.66. The van der Waals surface area contributed by atoms with Crippen LogP contribution in [0.4, 0.5) is 0 Å². The molecule has 3 heterocycles. The second-order valence-corrected chi connectivity index (χ2v) is 10.4. The Kier molecular flexibility index (Phi) is 5.57. The van der Waals surface area contributed by atoms with E-state index < -0.39 is 28.3 Å². The van der Waals surface area contributed by atoms with E-state index in [1.165, 1.54) is 16.2 Å². The molecule has 1 aromatic carbocycles. The monoisotopic (exact) mass is 444 g/mol. The molecule has 4 rings (SSSR count). The Balaban J connectivity index is 1.52. The van der Waals surface area contributed by atoms with E-state index in [0.29, 0.717) is 28.6 Å². The number of nitrogens with zero attached hydrogens (tertiary/aromatic N) is 2. The van der Waals surface area contributed by atoms with Crippen LogP contribution < -0.4 is 0 Å². The minimum absolute atomic E-state index is 0.0532. The number of thiophene rings is 1. The molecule has 9 heteroatoms. The molecule has 0 N–H and O–H groups in total. The number of amides is 1. The van der Waals surface area contributed by atoms with Gasteiger partial charge in [0.2, 0.25) is 0 Å². The highest BCUT2D eigenvalue weighted by Gasteiger charge is 2.33. The molecule has 3 aromatic rings. The molecule has 0 spiro atoms. The molecule has 0 aliphatic carbocycles. The minimum atomic E-state index is -3.11. The van der Waals surface area contributed by atoms with E-state index in [0.717, 1.165) is 4.88 Å². The van der Waals surface area contributed by atoms with E-state index in [4.69, 9.17) is 4.74 Å². The summed E-state index contributed by atoms with van der Waals surface area (Å²) in [6.45, 7) is -0.448. The largest absolute Gasteiger partial charge is 0.452 e. The van der Waals surface area contributed by atoms with E-state index in [2.05, 4.69) is 4.98 Å². The van der Waals surface area contributed by atoms with Crippen LogP contribution in [-0.4, -0.2) is 61.4 Å². The van der Waals surface area contributed by atoms with Crippen LogP contribution in [0.1, 0.15) is 16.8 Å². The third kappa shape index (κ3) is 4.22. The Morgan fingerprint density at radius 2 is 2.03 bits per heavy atom. The Hall–Kier alpha value is -2.78. The lowest BCUT2D eigenvalue weighted by Crippen LogP contribution is -2.40. The van der Waals surface area contributed by atoms with Gasteiger partial charge in [-0.05, 0) is 30.0 Å². The van der Waals surface area contributed by atoms with Crippen LogP contribution in [-0.2, 0) is 19.4 Å². The SMILES string of the molecule is CN(C(=O)COC(=O)c1cc(-c2cccs2)nc2ccccc12)C1CCS(=O)(=O)C1. The number of hydrogen-bond donors (Lipinski definition) is 0. The lowest BCUT2D eigenvalue weighted by atomic mass is 10.1. The smallest absolute Gasteiger partial charge is 0.339 e. The summed E-state index contributed by atoms with van der Waals surface area (Å²) in [5, 5.41) is 2.58.